The Kier molecular flexibility index (Phi) is 5.88. The van der Waals surface area contributed by atoms with E-state index in [4.69, 9.17) is 19.0 Å². The Balaban J connectivity index is 1.62. The number of pyridine rings is 1. The first-order chi connectivity index (χ1) is 16.7. The molecular formula is C26H24N4O4. The highest BCUT2D eigenvalue weighted by atomic mass is 16.5. The van der Waals surface area contributed by atoms with Gasteiger partial charge in [0.2, 0.25) is 0 Å². The fourth-order valence-electron chi connectivity index (χ4n) is 3.93. The quantitative estimate of drug-likeness (QED) is 0.362. The van der Waals surface area contributed by atoms with Gasteiger partial charge >= 0.3 is 0 Å². The van der Waals surface area contributed by atoms with E-state index in [-0.39, 0.29) is 5.56 Å². The van der Waals surface area contributed by atoms with Crippen LogP contribution < -0.4 is 20.3 Å². The van der Waals surface area contributed by atoms with Gasteiger partial charge in [0.1, 0.15) is 17.1 Å². The summed E-state index contributed by atoms with van der Waals surface area (Å²) in [6, 6.07) is 21.0. The number of para-hydroxylation sites is 1. The third-order valence-corrected chi connectivity index (χ3v) is 5.62. The van der Waals surface area contributed by atoms with Crippen LogP contribution in [0.2, 0.25) is 0 Å². The smallest absolute Gasteiger partial charge is 0.254 e. The van der Waals surface area contributed by atoms with E-state index >= 15 is 0 Å². The second-order valence-electron chi connectivity index (χ2n) is 7.73. The number of rotatable bonds is 8. The first-order valence-corrected chi connectivity index (χ1v) is 10.8. The maximum atomic E-state index is 12.9. The number of hydrogen-bond acceptors (Lipinski definition) is 6. The molecular weight excluding hydrogens is 432 g/mol. The van der Waals surface area contributed by atoms with Crippen molar-refractivity contribution in [3.63, 3.8) is 0 Å². The minimum Gasteiger partial charge on any atom is -0.493 e. The number of hydrogen-bond donors (Lipinski definition) is 2. The number of nitrogens with zero attached hydrogens (tertiary/aromatic N) is 2. The summed E-state index contributed by atoms with van der Waals surface area (Å²) in [5.74, 6) is 2.04. The molecule has 0 aliphatic heterocycles. The molecule has 0 spiro atoms. The van der Waals surface area contributed by atoms with Gasteiger partial charge in [-0.1, -0.05) is 18.2 Å². The predicted octanol–water partition coefficient (Wildman–Crippen LogP) is 4.28. The maximum Gasteiger partial charge on any atom is 0.254 e. The minimum atomic E-state index is -0.171. The maximum absolute atomic E-state index is 12.9. The lowest BCUT2D eigenvalue weighted by atomic mass is 10.1. The molecule has 5 aromatic rings. The molecule has 8 heteroatoms. The van der Waals surface area contributed by atoms with Crippen LogP contribution in [0.15, 0.2) is 82.2 Å². The summed E-state index contributed by atoms with van der Waals surface area (Å²) in [5, 5.41) is 8.97. The highest BCUT2D eigenvalue weighted by Gasteiger charge is 2.18. The van der Waals surface area contributed by atoms with Crippen molar-refractivity contribution in [3.05, 3.63) is 94.7 Å². The summed E-state index contributed by atoms with van der Waals surface area (Å²) in [6.07, 6.45) is 1.63. The molecule has 0 radical (unpaired) electrons. The van der Waals surface area contributed by atoms with Crippen molar-refractivity contribution in [1.82, 2.24) is 20.1 Å². The zero-order valence-electron chi connectivity index (χ0n) is 18.9. The summed E-state index contributed by atoms with van der Waals surface area (Å²) in [5.41, 5.74) is 3.47. The highest BCUT2D eigenvalue weighted by Crippen LogP contribution is 2.35. The van der Waals surface area contributed by atoms with E-state index in [0.29, 0.717) is 35.8 Å². The zero-order chi connectivity index (χ0) is 23.5. The molecule has 0 atom stereocenters. The van der Waals surface area contributed by atoms with E-state index in [0.717, 1.165) is 28.1 Å². The molecule has 0 aliphatic rings. The molecule has 3 heterocycles. The topological polar surface area (TPSA) is 94.3 Å². The molecule has 0 saturated heterocycles. The summed E-state index contributed by atoms with van der Waals surface area (Å²) in [4.78, 5) is 16.0. The van der Waals surface area contributed by atoms with Crippen molar-refractivity contribution >= 4 is 11.0 Å². The van der Waals surface area contributed by atoms with Crippen LogP contribution in [0, 0.1) is 0 Å². The van der Waals surface area contributed by atoms with Crippen LogP contribution in [0.1, 0.15) is 11.3 Å². The van der Waals surface area contributed by atoms with E-state index in [1.54, 1.807) is 25.2 Å². The van der Waals surface area contributed by atoms with Gasteiger partial charge < -0.3 is 24.2 Å². The average molecular weight is 457 g/mol. The van der Waals surface area contributed by atoms with Crippen molar-refractivity contribution in [2.75, 3.05) is 14.2 Å². The van der Waals surface area contributed by atoms with E-state index in [2.05, 4.69) is 10.3 Å². The number of aromatic amines is 1. The summed E-state index contributed by atoms with van der Waals surface area (Å²) < 4.78 is 18.0. The van der Waals surface area contributed by atoms with Crippen molar-refractivity contribution in [2.24, 2.45) is 0 Å². The van der Waals surface area contributed by atoms with Crippen LogP contribution in [-0.4, -0.2) is 29.0 Å². The van der Waals surface area contributed by atoms with Crippen molar-refractivity contribution in [2.45, 2.75) is 13.1 Å². The van der Waals surface area contributed by atoms with Gasteiger partial charge in [0.05, 0.1) is 32.7 Å². The number of furan rings is 1. The second kappa shape index (κ2) is 9.29. The fraction of sp³-hybridized carbons (Fsp3) is 0.154. The Morgan fingerprint density at radius 3 is 2.53 bits per heavy atom. The van der Waals surface area contributed by atoms with Crippen molar-refractivity contribution < 1.29 is 13.9 Å². The fourth-order valence-corrected chi connectivity index (χ4v) is 3.93. The minimum absolute atomic E-state index is 0.171. The SMILES string of the molecule is COc1ccc(-c2nn(-c3ccccc3)c3[nH]c(=O)c(CNCc4ccco4)cc23)cc1OC. The lowest BCUT2D eigenvalue weighted by molar-refractivity contribution is 0.355. The first kappa shape index (κ1) is 21.5. The van der Waals surface area contributed by atoms with Gasteiger partial charge in [-0.25, -0.2) is 4.68 Å². The van der Waals surface area contributed by atoms with Gasteiger partial charge in [-0.15, -0.1) is 0 Å². The molecule has 0 saturated carbocycles. The number of aromatic nitrogens is 3. The second-order valence-corrected chi connectivity index (χ2v) is 7.73. The average Bonchev–Trinajstić information content (AvgIpc) is 3.52. The van der Waals surface area contributed by atoms with Crippen LogP contribution in [0.4, 0.5) is 0 Å². The number of nitrogens with one attached hydrogen (secondary N) is 2. The van der Waals surface area contributed by atoms with E-state index < -0.39 is 0 Å². The predicted molar refractivity (Wildman–Crippen MR) is 129 cm³/mol. The molecule has 5 rings (SSSR count). The monoisotopic (exact) mass is 456 g/mol. The van der Waals surface area contributed by atoms with Crippen molar-refractivity contribution in [3.8, 4) is 28.4 Å². The molecule has 0 aliphatic carbocycles. The van der Waals surface area contributed by atoms with Gasteiger partial charge in [-0.2, -0.15) is 5.10 Å². The Morgan fingerprint density at radius 2 is 1.79 bits per heavy atom. The van der Waals surface area contributed by atoms with E-state index in [9.17, 15) is 4.79 Å². The van der Waals surface area contributed by atoms with E-state index in [1.807, 2.05) is 66.7 Å². The standard InChI is InChI=1S/C26H24N4O4/c1-32-22-11-10-17(14-23(22)33-2)24-21-13-18(15-27-16-20-9-6-12-34-20)26(31)28-25(21)30(29-24)19-7-4-3-5-8-19/h3-14,27H,15-16H2,1-2H3,(H,28,31). The third-order valence-electron chi connectivity index (χ3n) is 5.62. The van der Waals surface area contributed by atoms with Crippen LogP contribution in [0.5, 0.6) is 11.5 Å². The molecule has 2 N–H and O–H groups in total. The van der Waals surface area contributed by atoms with Crippen LogP contribution in [0.25, 0.3) is 28.0 Å². The Hall–Kier alpha value is -4.30. The van der Waals surface area contributed by atoms with Gasteiger partial charge in [-0.05, 0) is 48.5 Å². The lowest BCUT2D eigenvalue weighted by Crippen LogP contribution is -2.21. The van der Waals surface area contributed by atoms with Gasteiger partial charge in [-0.3, -0.25) is 4.79 Å². The third kappa shape index (κ3) is 4.06. The van der Waals surface area contributed by atoms with Gasteiger partial charge in [0.25, 0.3) is 5.56 Å². The molecule has 8 nitrogen and oxygen atoms in total. The number of methoxy groups -OCH3 is 2. The zero-order valence-corrected chi connectivity index (χ0v) is 18.9. The Morgan fingerprint density at radius 1 is 0.971 bits per heavy atom. The molecule has 3 aromatic heterocycles. The number of benzene rings is 2. The number of ether oxygens (including phenoxy) is 2. The van der Waals surface area contributed by atoms with Crippen LogP contribution >= 0.6 is 0 Å². The Labute approximate surface area is 195 Å². The molecule has 0 bridgehead atoms. The normalized spacial score (nSPS) is 11.1. The summed E-state index contributed by atoms with van der Waals surface area (Å²) >= 11 is 0. The van der Waals surface area contributed by atoms with Gasteiger partial charge in [0, 0.05) is 23.1 Å². The molecule has 2 aromatic carbocycles. The molecule has 172 valence electrons. The summed E-state index contributed by atoms with van der Waals surface area (Å²) in [7, 11) is 3.20. The molecule has 0 unspecified atom stereocenters. The molecule has 0 fully saturated rings. The van der Waals surface area contributed by atoms with Crippen molar-refractivity contribution in [1.29, 1.82) is 0 Å². The molecule has 0 amide bonds. The van der Waals surface area contributed by atoms with E-state index in [1.165, 1.54) is 0 Å². The molecule has 34 heavy (non-hydrogen) atoms. The van der Waals surface area contributed by atoms with Crippen LogP contribution in [0.3, 0.4) is 0 Å². The summed E-state index contributed by atoms with van der Waals surface area (Å²) in [6.45, 7) is 0.907. The highest BCUT2D eigenvalue weighted by molar-refractivity contribution is 5.92. The number of H-pyrrole nitrogens is 1. The first-order valence-electron chi connectivity index (χ1n) is 10.8. The lowest BCUT2D eigenvalue weighted by Gasteiger charge is -2.09. The largest absolute Gasteiger partial charge is 0.493 e. The number of fused-ring (bicyclic) bond motifs is 1. The van der Waals surface area contributed by atoms with Gasteiger partial charge in [0.15, 0.2) is 11.5 Å². The van der Waals surface area contributed by atoms with Crippen LogP contribution in [-0.2, 0) is 13.1 Å². The Bertz CT molecular complexity index is 1470.